The SMILES string of the molecule is CCOc1ccc(C(COC)NC(=O)c2coc(C)c2)cc1. The van der Waals surface area contributed by atoms with Crippen LogP contribution in [-0.4, -0.2) is 26.2 Å². The van der Waals surface area contributed by atoms with Crippen LogP contribution in [0.15, 0.2) is 41.0 Å². The van der Waals surface area contributed by atoms with Gasteiger partial charge in [0.2, 0.25) is 0 Å². The van der Waals surface area contributed by atoms with E-state index in [0.717, 1.165) is 11.3 Å². The van der Waals surface area contributed by atoms with Crippen LogP contribution >= 0.6 is 0 Å². The molecule has 0 radical (unpaired) electrons. The summed E-state index contributed by atoms with van der Waals surface area (Å²) in [5, 5.41) is 2.95. The minimum absolute atomic E-state index is 0.187. The third-order valence-corrected chi connectivity index (χ3v) is 3.22. The predicted octanol–water partition coefficient (Wildman–Crippen LogP) is 3.10. The number of ether oxygens (including phenoxy) is 2. The number of carbonyl (C=O) groups excluding carboxylic acids is 1. The van der Waals surface area contributed by atoms with Crippen molar-refractivity contribution in [2.75, 3.05) is 20.3 Å². The van der Waals surface area contributed by atoms with Crippen LogP contribution in [0.3, 0.4) is 0 Å². The molecule has 1 atom stereocenters. The summed E-state index contributed by atoms with van der Waals surface area (Å²) in [6, 6.07) is 9.09. The van der Waals surface area contributed by atoms with E-state index in [2.05, 4.69) is 5.32 Å². The monoisotopic (exact) mass is 303 g/mol. The van der Waals surface area contributed by atoms with Crippen LogP contribution in [0.25, 0.3) is 0 Å². The standard InChI is InChI=1S/C17H21NO4/c1-4-21-15-7-5-13(6-8-15)16(11-20-3)18-17(19)14-9-12(2)22-10-14/h5-10,16H,4,11H2,1-3H3,(H,18,19). The van der Waals surface area contributed by atoms with Crippen molar-refractivity contribution in [1.29, 1.82) is 0 Å². The molecule has 0 saturated heterocycles. The van der Waals surface area contributed by atoms with Crippen molar-refractivity contribution >= 4 is 5.91 Å². The molecule has 1 amide bonds. The number of carbonyl (C=O) groups is 1. The molecular weight excluding hydrogens is 282 g/mol. The van der Waals surface area contributed by atoms with Gasteiger partial charge in [0.05, 0.1) is 24.8 Å². The van der Waals surface area contributed by atoms with Gasteiger partial charge in [0.25, 0.3) is 5.91 Å². The molecule has 0 spiro atoms. The number of rotatable bonds is 7. The minimum Gasteiger partial charge on any atom is -0.494 e. The molecule has 1 heterocycles. The molecule has 0 aliphatic carbocycles. The zero-order valence-electron chi connectivity index (χ0n) is 13.1. The average Bonchev–Trinajstić information content (AvgIpc) is 2.95. The summed E-state index contributed by atoms with van der Waals surface area (Å²) in [4.78, 5) is 12.2. The normalized spacial score (nSPS) is 12.0. The first-order valence-corrected chi connectivity index (χ1v) is 7.21. The maximum absolute atomic E-state index is 12.2. The summed E-state index contributed by atoms with van der Waals surface area (Å²) in [5.41, 5.74) is 1.46. The number of hydrogen-bond acceptors (Lipinski definition) is 4. The third kappa shape index (κ3) is 4.11. The number of furan rings is 1. The van der Waals surface area contributed by atoms with Crippen molar-refractivity contribution in [3.05, 3.63) is 53.5 Å². The highest BCUT2D eigenvalue weighted by Crippen LogP contribution is 2.19. The first kappa shape index (κ1) is 16.1. The molecule has 2 rings (SSSR count). The Bertz CT molecular complexity index is 603. The fraction of sp³-hybridized carbons (Fsp3) is 0.353. The third-order valence-electron chi connectivity index (χ3n) is 3.22. The summed E-state index contributed by atoms with van der Waals surface area (Å²) in [6.45, 7) is 4.75. The second-order valence-corrected chi connectivity index (χ2v) is 4.93. The summed E-state index contributed by atoms with van der Waals surface area (Å²) in [6.07, 6.45) is 1.45. The lowest BCUT2D eigenvalue weighted by atomic mass is 10.1. The highest BCUT2D eigenvalue weighted by molar-refractivity contribution is 5.94. The number of aryl methyl sites for hydroxylation is 1. The van der Waals surface area contributed by atoms with Gasteiger partial charge < -0.3 is 19.2 Å². The van der Waals surface area contributed by atoms with Gasteiger partial charge in [-0.2, -0.15) is 0 Å². The van der Waals surface area contributed by atoms with Crippen LogP contribution in [0.4, 0.5) is 0 Å². The van der Waals surface area contributed by atoms with E-state index in [1.807, 2.05) is 31.2 Å². The number of nitrogens with one attached hydrogen (secondary N) is 1. The Morgan fingerprint density at radius 3 is 2.59 bits per heavy atom. The number of amides is 1. The Morgan fingerprint density at radius 1 is 1.32 bits per heavy atom. The van der Waals surface area contributed by atoms with Gasteiger partial charge in [0.15, 0.2) is 0 Å². The topological polar surface area (TPSA) is 60.7 Å². The van der Waals surface area contributed by atoms with Crippen LogP contribution in [0.2, 0.25) is 0 Å². The van der Waals surface area contributed by atoms with Gasteiger partial charge in [-0.15, -0.1) is 0 Å². The van der Waals surface area contributed by atoms with Gasteiger partial charge in [-0.3, -0.25) is 4.79 Å². The second-order valence-electron chi connectivity index (χ2n) is 4.93. The molecule has 1 unspecified atom stereocenters. The zero-order chi connectivity index (χ0) is 15.9. The van der Waals surface area contributed by atoms with E-state index in [1.54, 1.807) is 20.1 Å². The maximum Gasteiger partial charge on any atom is 0.255 e. The molecule has 1 N–H and O–H groups in total. The summed E-state index contributed by atoms with van der Waals surface area (Å²) in [7, 11) is 1.61. The average molecular weight is 303 g/mol. The van der Waals surface area contributed by atoms with E-state index in [-0.39, 0.29) is 11.9 Å². The molecule has 1 aromatic heterocycles. The van der Waals surface area contributed by atoms with Crippen molar-refractivity contribution in [1.82, 2.24) is 5.32 Å². The first-order chi connectivity index (χ1) is 10.6. The highest BCUT2D eigenvalue weighted by atomic mass is 16.5. The van der Waals surface area contributed by atoms with Crippen molar-refractivity contribution in [2.24, 2.45) is 0 Å². The van der Waals surface area contributed by atoms with Gasteiger partial charge in [-0.25, -0.2) is 0 Å². The molecule has 0 aliphatic heterocycles. The van der Waals surface area contributed by atoms with E-state index >= 15 is 0 Å². The fourth-order valence-electron chi connectivity index (χ4n) is 2.16. The number of methoxy groups -OCH3 is 1. The van der Waals surface area contributed by atoms with Gasteiger partial charge in [-0.05, 0) is 37.6 Å². The van der Waals surface area contributed by atoms with E-state index < -0.39 is 0 Å². The lowest BCUT2D eigenvalue weighted by Crippen LogP contribution is -2.31. The largest absolute Gasteiger partial charge is 0.494 e. The van der Waals surface area contributed by atoms with Crippen molar-refractivity contribution in [3.63, 3.8) is 0 Å². The molecule has 1 aromatic carbocycles. The smallest absolute Gasteiger partial charge is 0.255 e. The fourth-order valence-corrected chi connectivity index (χ4v) is 2.16. The van der Waals surface area contributed by atoms with Crippen LogP contribution in [0.1, 0.15) is 34.6 Å². The van der Waals surface area contributed by atoms with Gasteiger partial charge in [0.1, 0.15) is 17.8 Å². The molecule has 5 heteroatoms. The maximum atomic E-state index is 12.2. The van der Waals surface area contributed by atoms with Crippen LogP contribution < -0.4 is 10.1 Å². The van der Waals surface area contributed by atoms with Crippen molar-refractivity contribution in [2.45, 2.75) is 19.9 Å². The summed E-state index contributed by atoms with van der Waals surface area (Å²) < 4.78 is 15.8. The zero-order valence-corrected chi connectivity index (χ0v) is 13.1. The Labute approximate surface area is 130 Å². The van der Waals surface area contributed by atoms with Gasteiger partial charge >= 0.3 is 0 Å². The number of hydrogen-bond donors (Lipinski definition) is 1. The molecular formula is C17H21NO4. The van der Waals surface area contributed by atoms with Crippen LogP contribution in [0.5, 0.6) is 5.75 Å². The van der Waals surface area contributed by atoms with Gasteiger partial charge in [-0.1, -0.05) is 12.1 Å². The Kier molecular flexibility index (Phi) is 5.61. The molecule has 0 saturated carbocycles. The van der Waals surface area contributed by atoms with Crippen molar-refractivity contribution < 1.29 is 18.7 Å². The van der Waals surface area contributed by atoms with E-state index in [1.165, 1.54) is 6.26 Å². The Morgan fingerprint density at radius 2 is 2.05 bits per heavy atom. The second kappa shape index (κ2) is 7.66. The van der Waals surface area contributed by atoms with Crippen LogP contribution in [-0.2, 0) is 4.74 Å². The quantitative estimate of drug-likeness (QED) is 0.854. The first-order valence-electron chi connectivity index (χ1n) is 7.21. The molecule has 0 bridgehead atoms. The van der Waals surface area contributed by atoms with E-state index in [9.17, 15) is 4.79 Å². The lowest BCUT2D eigenvalue weighted by Gasteiger charge is -2.18. The molecule has 2 aromatic rings. The summed E-state index contributed by atoms with van der Waals surface area (Å²) in [5.74, 6) is 1.32. The molecule has 5 nitrogen and oxygen atoms in total. The molecule has 118 valence electrons. The van der Waals surface area contributed by atoms with Crippen molar-refractivity contribution in [3.8, 4) is 5.75 Å². The van der Waals surface area contributed by atoms with Crippen LogP contribution in [0, 0.1) is 6.92 Å². The van der Waals surface area contributed by atoms with Gasteiger partial charge in [0, 0.05) is 7.11 Å². The summed E-state index contributed by atoms with van der Waals surface area (Å²) >= 11 is 0. The molecule has 22 heavy (non-hydrogen) atoms. The van der Waals surface area contributed by atoms with E-state index in [0.29, 0.717) is 24.5 Å². The number of benzene rings is 1. The highest BCUT2D eigenvalue weighted by Gasteiger charge is 2.17. The lowest BCUT2D eigenvalue weighted by molar-refractivity contribution is 0.0896. The van der Waals surface area contributed by atoms with E-state index in [4.69, 9.17) is 13.9 Å². The minimum atomic E-state index is -0.233. The Balaban J connectivity index is 2.10. The molecule has 0 aliphatic rings. The molecule has 0 fully saturated rings. The Hall–Kier alpha value is -2.27. The predicted molar refractivity (Wildman–Crippen MR) is 83.1 cm³/mol.